The third-order valence-electron chi connectivity index (χ3n) is 9.29. The van der Waals surface area contributed by atoms with E-state index in [1.807, 2.05) is 30.3 Å². The molecule has 9 aromatic rings. The van der Waals surface area contributed by atoms with Gasteiger partial charge in [-0.05, 0) is 85.6 Å². The van der Waals surface area contributed by atoms with Crippen LogP contribution in [0, 0.1) is 13.8 Å². The van der Waals surface area contributed by atoms with Gasteiger partial charge in [-0.2, -0.15) is 0 Å². The molecule has 4 heterocycles. The Hall–Kier alpha value is -6.79. The van der Waals surface area contributed by atoms with Crippen molar-refractivity contribution in [3.8, 4) is 62.2 Å². The van der Waals surface area contributed by atoms with Crippen LogP contribution in [0.15, 0.2) is 158 Å². The van der Waals surface area contributed by atoms with E-state index in [0.717, 1.165) is 50.1 Å². The lowest BCUT2D eigenvalue weighted by molar-refractivity contribution is 1.05. The van der Waals surface area contributed by atoms with Crippen molar-refractivity contribution < 1.29 is 0 Å². The van der Waals surface area contributed by atoms with E-state index in [1.54, 1.807) is 18.6 Å². The summed E-state index contributed by atoms with van der Waals surface area (Å²) in [4.78, 5) is 24.0. The Morgan fingerprint density at radius 1 is 0.451 bits per heavy atom. The van der Waals surface area contributed by atoms with Crippen LogP contribution in [-0.2, 0) is 0 Å². The molecule has 5 aromatic carbocycles. The lowest BCUT2D eigenvalue weighted by atomic mass is 9.92. The van der Waals surface area contributed by atoms with Crippen LogP contribution in [0.5, 0.6) is 0 Å². The van der Waals surface area contributed by atoms with Crippen LogP contribution in [0.3, 0.4) is 0 Å². The van der Waals surface area contributed by atoms with E-state index in [0.29, 0.717) is 23.2 Å². The summed E-state index contributed by atoms with van der Waals surface area (Å²) in [6.07, 6.45) is 5.29. The van der Waals surface area contributed by atoms with E-state index in [2.05, 4.69) is 138 Å². The molecule has 0 atom stereocenters. The van der Waals surface area contributed by atoms with Crippen LogP contribution in [-0.4, -0.2) is 29.5 Å². The molecule has 6 heteroatoms. The van der Waals surface area contributed by atoms with Crippen molar-refractivity contribution in [3.05, 3.63) is 169 Å². The largest absolute Gasteiger partial charge is 0.308 e. The number of nitrogens with zero attached hydrogens (tertiary/aromatic N) is 6. The molecule has 0 aliphatic carbocycles. The van der Waals surface area contributed by atoms with Gasteiger partial charge in [-0.1, -0.05) is 90.0 Å². The molecule has 0 saturated heterocycles. The van der Waals surface area contributed by atoms with Gasteiger partial charge < -0.3 is 4.57 Å². The van der Waals surface area contributed by atoms with Gasteiger partial charge in [-0.15, -0.1) is 0 Å². The summed E-state index contributed by atoms with van der Waals surface area (Å²) in [5.74, 6) is 1.59. The molecular weight excluding hydrogens is 625 g/mol. The first-order valence-electron chi connectivity index (χ1n) is 17.0. The van der Waals surface area contributed by atoms with Crippen LogP contribution in [0.1, 0.15) is 11.1 Å². The van der Waals surface area contributed by atoms with E-state index in [1.165, 1.54) is 21.9 Å². The summed E-state index contributed by atoms with van der Waals surface area (Å²) in [5, 5.41) is 2.46. The zero-order valence-corrected chi connectivity index (χ0v) is 28.2. The summed E-state index contributed by atoms with van der Waals surface area (Å²) in [6, 6.07) is 48.8. The highest BCUT2D eigenvalue weighted by atomic mass is 15.0. The summed E-state index contributed by atoms with van der Waals surface area (Å²) >= 11 is 0. The molecule has 0 aliphatic heterocycles. The van der Waals surface area contributed by atoms with Crippen molar-refractivity contribution in [1.29, 1.82) is 0 Å². The number of pyridine rings is 2. The SMILES string of the molecule is Cc1ccc2c(c1)c1cc(C)ccc1n2-c1c(-c2ccccc2)cc(-c2nc(-c3cccnc3)nc(-c3ccccn3)n2)cc1-c1ccccc1. The van der Waals surface area contributed by atoms with Crippen LogP contribution < -0.4 is 0 Å². The fourth-order valence-electron chi connectivity index (χ4n) is 6.91. The number of fused-ring (bicyclic) bond motifs is 3. The zero-order valence-electron chi connectivity index (χ0n) is 28.2. The molecule has 4 aromatic heterocycles. The third kappa shape index (κ3) is 5.53. The molecule has 0 N–H and O–H groups in total. The average molecular weight is 657 g/mol. The Morgan fingerprint density at radius 2 is 1.00 bits per heavy atom. The lowest BCUT2D eigenvalue weighted by Gasteiger charge is -2.21. The molecule has 0 fully saturated rings. The summed E-state index contributed by atoms with van der Waals surface area (Å²) < 4.78 is 2.44. The van der Waals surface area contributed by atoms with E-state index < -0.39 is 0 Å². The number of hydrogen-bond acceptors (Lipinski definition) is 5. The van der Waals surface area contributed by atoms with E-state index in [4.69, 9.17) is 15.0 Å². The van der Waals surface area contributed by atoms with E-state index in [9.17, 15) is 0 Å². The van der Waals surface area contributed by atoms with Crippen molar-refractivity contribution in [2.45, 2.75) is 13.8 Å². The standard InChI is InChI=1S/C45H32N6/c1-29-18-20-40-37(24-29)38-25-30(2)19-21-41(38)51(40)42-35(31-12-5-3-6-13-31)26-34(27-36(42)32-14-7-4-8-15-32)44-48-43(33-16-11-22-46-28-33)49-45(50-44)39-17-9-10-23-47-39/h3-28H,1-2H3. The molecule has 0 radical (unpaired) electrons. The van der Waals surface area contributed by atoms with Crippen molar-refractivity contribution >= 4 is 21.8 Å². The monoisotopic (exact) mass is 656 g/mol. The number of aromatic nitrogens is 6. The van der Waals surface area contributed by atoms with Crippen LogP contribution in [0.25, 0.3) is 84.0 Å². The molecular formula is C45H32N6. The number of aryl methyl sites for hydroxylation is 2. The molecule has 0 amide bonds. The van der Waals surface area contributed by atoms with Crippen LogP contribution >= 0.6 is 0 Å². The van der Waals surface area contributed by atoms with Crippen molar-refractivity contribution in [1.82, 2.24) is 29.5 Å². The first kappa shape index (κ1) is 30.3. The van der Waals surface area contributed by atoms with Crippen molar-refractivity contribution in [3.63, 3.8) is 0 Å². The number of benzene rings is 5. The lowest BCUT2D eigenvalue weighted by Crippen LogP contribution is -2.04. The molecule has 0 unspecified atom stereocenters. The predicted octanol–water partition coefficient (Wildman–Crippen LogP) is 10.7. The highest BCUT2D eigenvalue weighted by Crippen LogP contribution is 2.44. The van der Waals surface area contributed by atoms with Gasteiger partial charge in [0.15, 0.2) is 17.5 Å². The summed E-state index contributed by atoms with van der Waals surface area (Å²) in [6.45, 7) is 4.32. The Balaban J connectivity index is 1.41. The van der Waals surface area contributed by atoms with Gasteiger partial charge in [0.05, 0.1) is 16.7 Å². The molecule has 9 rings (SSSR count). The first-order chi connectivity index (χ1) is 25.1. The number of hydrogen-bond donors (Lipinski definition) is 0. The maximum Gasteiger partial charge on any atom is 0.182 e. The molecule has 51 heavy (non-hydrogen) atoms. The molecule has 0 spiro atoms. The molecule has 242 valence electrons. The summed E-state index contributed by atoms with van der Waals surface area (Å²) in [7, 11) is 0. The Kier molecular flexibility index (Phi) is 7.47. The van der Waals surface area contributed by atoms with Gasteiger partial charge in [-0.3, -0.25) is 9.97 Å². The minimum absolute atomic E-state index is 0.499. The van der Waals surface area contributed by atoms with Crippen molar-refractivity contribution in [2.24, 2.45) is 0 Å². The maximum atomic E-state index is 5.08. The average Bonchev–Trinajstić information content (AvgIpc) is 3.50. The summed E-state index contributed by atoms with van der Waals surface area (Å²) in [5.41, 5.74) is 12.5. The maximum absolute atomic E-state index is 5.08. The van der Waals surface area contributed by atoms with Gasteiger partial charge in [0.1, 0.15) is 5.69 Å². The van der Waals surface area contributed by atoms with Gasteiger partial charge in [0.2, 0.25) is 0 Å². The van der Waals surface area contributed by atoms with E-state index in [-0.39, 0.29) is 0 Å². The second-order valence-electron chi connectivity index (χ2n) is 12.8. The Morgan fingerprint density at radius 3 is 1.55 bits per heavy atom. The minimum atomic E-state index is 0.499. The Labute approximate surface area is 295 Å². The molecule has 6 nitrogen and oxygen atoms in total. The van der Waals surface area contributed by atoms with Gasteiger partial charge in [0, 0.05) is 51.6 Å². The highest BCUT2D eigenvalue weighted by molar-refractivity contribution is 6.11. The second-order valence-corrected chi connectivity index (χ2v) is 12.8. The van der Waals surface area contributed by atoms with Crippen LogP contribution in [0.2, 0.25) is 0 Å². The number of rotatable bonds is 6. The highest BCUT2D eigenvalue weighted by Gasteiger charge is 2.23. The minimum Gasteiger partial charge on any atom is -0.308 e. The molecule has 0 saturated carbocycles. The second kappa shape index (κ2) is 12.6. The quantitative estimate of drug-likeness (QED) is 0.178. The smallest absolute Gasteiger partial charge is 0.182 e. The third-order valence-corrected chi connectivity index (χ3v) is 9.29. The fourth-order valence-corrected chi connectivity index (χ4v) is 6.91. The molecule has 0 aliphatic rings. The van der Waals surface area contributed by atoms with Gasteiger partial charge >= 0.3 is 0 Å². The van der Waals surface area contributed by atoms with Crippen molar-refractivity contribution in [2.75, 3.05) is 0 Å². The normalized spacial score (nSPS) is 11.3. The van der Waals surface area contributed by atoms with Crippen LogP contribution in [0.4, 0.5) is 0 Å². The van der Waals surface area contributed by atoms with Gasteiger partial charge in [-0.25, -0.2) is 15.0 Å². The topological polar surface area (TPSA) is 69.4 Å². The van der Waals surface area contributed by atoms with Gasteiger partial charge in [0.25, 0.3) is 0 Å². The predicted molar refractivity (Wildman–Crippen MR) is 206 cm³/mol. The zero-order chi connectivity index (χ0) is 34.3. The Bertz CT molecular complexity index is 2510. The molecule has 0 bridgehead atoms. The van der Waals surface area contributed by atoms with E-state index >= 15 is 0 Å². The fraction of sp³-hybridized carbons (Fsp3) is 0.0444. The first-order valence-corrected chi connectivity index (χ1v) is 17.0.